The largest absolute Gasteiger partial charge is 0.437 e. The Balaban J connectivity index is 2.25. The molecule has 94 valence electrons. The first-order valence-electron chi connectivity index (χ1n) is 5.61. The van der Waals surface area contributed by atoms with Gasteiger partial charge in [-0.25, -0.2) is 9.97 Å². The van der Waals surface area contributed by atoms with E-state index in [0.29, 0.717) is 28.3 Å². The molecule has 1 aromatic heterocycles. The standard InChI is InChI=1S/C13H14ClN3O/c1-8(2)11-6-13(17-7-16-11)18-12-4-3-9(15)5-10(12)14/h3-8H,15H2,1-2H3. The molecule has 0 unspecified atom stereocenters. The van der Waals surface area contributed by atoms with Crippen molar-refractivity contribution in [2.75, 3.05) is 5.73 Å². The predicted octanol–water partition coefficient (Wildman–Crippen LogP) is 3.63. The molecule has 0 spiro atoms. The van der Waals surface area contributed by atoms with E-state index in [0.717, 1.165) is 5.69 Å². The molecule has 4 nitrogen and oxygen atoms in total. The van der Waals surface area contributed by atoms with Crippen LogP contribution in [0.4, 0.5) is 5.69 Å². The number of nitrogen functional groups attached to an aromatic ring is 1. The molecular weight excluding hydrogens is 250 g/mol. The lowest BCUT2D eigenvalue weighted by atomic mass is 10.1. The minimum absolute atomic E-state index is 0.317. The van der Waals surface area contributed by atoms with E-state index in [4.69, 9.17) is 22.1 Å². The summed E-state index contributed by atoms with van der Waals surface area (Å²) in [6.45, 7) is 4.12. The van der Waals surface area contributed by atoms with Crippen LogP contribution in [0.1, 0.15) is 25.5 Å². The zero-order valence-electron chi connectivity index (χ0n) is 10.2. The van der Waals surface area contributed by atoms with Gasteiger partial charge in [0.2, 0.25) is 5.88 Å². The molecule has 0 saturated heterocycles. The fourth-order valence-electron chi connectivity index (χ4n) is 1.44. The van der Waals surface area contributed by atoms with E-state index < -0.39 is 0 Å². The lowest BCUT2D eigenvalue weighted by molar-refractivity contribution is 0.460. The number of ether oxygens (including phenoxy) is 1. The summed E-state index contributed by atoms with van der Waals surface area (Å²) in [7, 11) is 0. The quantitative estimate of drug-likeness (QED) is 0.859. The van der Waals surface area contributed by atoms with Gasteiger partial charge in [-0.3, -0.25) is 0 Å². The van der Waals surface area contributed by atoms with Crippen molar-refractivity contribution in [1.82, 2.24) is 9.97 Å². The van der Waals surface area contributed by atoms with Crippen LogP contribution in [0.2, 0.25) is 5.02 Å². The van der Waals surface area contributed by atoms with Crippen LogP contribution in [-0.2, 0) is 0 Å². The highest BCUT2D eigenvalue weighted by molar-refractivity contribution is 6.32. The second kappa shape index (κ2) is 5.23. The fraction of sp³-hybridized carbons (Fsp3) is 0.231. The number of nitrogens with zero attached hydrogens (tertiary/aromatic N) is 2. The van der Waals surface area contributed by atoms with Gasteiger partial charge < -0.3 is 10.5 Å². The highest BCUT2D eigenvalue weighted by atomic mass is 35.5. The van der Waals surface area contributed by atoms with Crippen molar-refractivity contribution < 1.29 is 4.74 Å². The van der Waals surface area contributed by atoms with Crippen LogP contribution in [0.5, 0.6) is 11.6 Å². The normalized spacial score (nSPS) is 10.7. The Morgan fingerprint density at radius 3 is 2.67 bits per heavy atom. The van der Waals surface area contributed by atoms with E-state index in [1.807, 2.05) is 0 Å². The van der Waals surface area contributed by atoms with E-state index in [2.05, 4.69) is 23.8 Å². The summed E-state index contributed by atoms with van der Waals surface area (Å²) < 4.78 is 5.62. The highest BCUT2D eigenvalue weighted by Gasteiger charge is 2.07. The molecule has 1 heterocycles. The number of nitrogens with two attached hydrogens (primary N) is 1. The molecule has 0 aliphatic rings. The van der Waals surface area contributed by atoms with Crippen LogP contribution in [0.15, 0.2) is 30.6 Å². The average Bonchev–Trinajstić information content (AvgIpc) is 2.33. The van der Waals surface area contributed by atoms with Gasteiger partial charge in [-0.2, -0.15) is 0 Å². The first-order chi connectivity index (χ1) is 8.56. The SMILES string of the molecule is CC(C)c1cc(Oc2ccc(N)cc2Cl)ncn1. The number of benzene rings is 1. The summed E-state index contributed by atoms with van der Waals surface area (Å²) in [6.07, 6.45) is 1.48. The smallest absolute Gasteiger partial charge is 0.222 e. The molecule has 1 aromatic carbocycles. The molecule has 0 saturated carbocycles. The third kappa shape index (κ3) is 2.90. The molecule has 2 aromatic rings. The summed E-state index contributed by atoms with van der Waals surface area (Å²) in [4.78, 5) is 8.23. The second-order valence-corrected chi connectivity index (χ2v) is 4.63. The van der Waals surface area contributed by atoms with Gasteiger partial charge in [-0.05, 0) is 24.1 Å². The van der Waals surface area contributed by atoms with Crippen molar-refractivity contribution in [2.24, 2.45) is 0 Å². The molecule has 0 radical (unpaired) electrons. The molecule has 0 atom stereocenters. The number of aromatic nitrogens is 2. The molecule has 0 aliphatic carbocycles. The summed E-state index contributed by atoms with van der Waals surface area (Å²) in [5.41, 5.74) is 7.14. The first-order valence-corrected chi connectivity index (χ1v) is 5.99. The predicted molar refractivity (Wildman–Crippen MR) is 72.1 cm³/mol. The summed E-state index contributed by atoms with van der Waals surface area (Å²) >= 11 is 6.03. The second-order valence-electron chi connectivity index (χ2n) is 4.23. The molecule has 0 aliphatic heterocycles. The molecule has 5 heteroatoms. The molecule has 0 fully saturated rings. The topological polar surface area (TPSA) is 61.0 Å². The van der Waals surface area contributed by atoms with Gasteiger partial charge >= 0.3 is 0 Å². The molecule has 2 rings (SSSR count). The van der Waals surface area contributed by atoms with E-state index in [9.17, 15) is 0 Å². The van der Waals surface area contributed by atoms with E-state index in [1.54, 1.807) is 24.3 Å². The third-order valence-electron chi connectivity index (χ3n) is 2.43. The Morgan fingerprint density at radius 2 is 2.00 bits per heavy atom. The van der Waals surface area contributed by atoms with Gasteiger partial charge in [0.25, 0.3) is 0 Å². The van der Waals surface area contributed by atoms with E-state index in [-0.39, 0.29) is 0 Å². The highest BCUT2D eigenvalue weighted by Crippen LogP contribution is 2.30. The Bertz CT molecular complexity index is 558. The molecule has 0 bridgehead atoms. The van der Waals surface area contributed by atoms with Gasteiger partial charge in [0.15, 0.2) is 0 Å². The van der Waals surface area contributed by atoms with Crippen molar-refractivity contribution >= 4 is 17.3 Å². The maximum Gasteiger partial charge on any atom is 0.222 e. The van der Waals surface area contributed by atoms with Crippen LogP contribution in [0.3, 0.4) is 0 Å². The minimum Gasteiger partial charge on any atom is -0.437 e. The summed E-state index contributed by atoms with van der Waals surface area (Å²) in [5.74, 6) is 1.32. The Hall–Kier alpha value is -1.81. The number of rotatable bonds is 3. The van der Waals surface area contributed by atoms with Gasteiger partial charge in [0.1, 0.15) is 12.1 Å². The number of hydrogen-bond donors (Lipinski definition) is 1. The Kier molecular flexibility index (Phi) is 3.67. The molecular formula is C13H14ClN3O. The van der Waals surface area contributed by atoms with Crippen LogP contribution in [0.25, 0.3) is 0 Å². The molecule has 0 amide bonds. The maximum atomic E-state index is 6.03. The van der Waals surface area contributed by atoms with Gasteiger partial charge in [0.05, 0.1) is 10.7 Å². The number of hydrogen-bond acceptors (Lipinski definition) is 4. The monoisotopic (exact) mass is 263 g/mol. The minimum atomic E-state index is 0.317. The van der Waals surface area contributed by atoms with Gasteiger partial charge in [0, 0.05) is 11.8 Å². The Labute approximate surface area is 111 Å². The number of halogens is 1. The van der Waals surface area contributed by atoms with Crippen molar-refractivity contribution in [3.8, 4) is 11.6 Å². The van der Waals surface area contributed by atoms with Crippen molar-refractivity contribution in [3.05, 3.63) is 41.3 Å². The van der Waals surface area contributed by atoms with Crippen LogP contribution >= 0.6 is 11.6 Å². The summed E-state index contributed by atoms with van der Waals surface area (Å²) in [6, 6.07) is 6.89. The van der Waals surface area contributed by atoms with Gasteiger partial charge in [-0.15, -0.1) is 0 Å². The lowest BCUT2D eigenvalue weighted by Gasteiger charge is -2.09. The maximum absolute atomic E-state index is 6.03. The van der Waals surface area contributed by atoms with E-state index >= 15 is 0 Å². The van der Waals surface area contributed by atoms with E-state index in [1.165, 1.54) is 6.33 Å². The zero-order valence-corrected chi connectivity index (χ0v) is 11.0. The van der Waals surface area contributed by atoms with Crippen molar-refractivity contribution in [3.63, 3.8) is 0 Å². The Morgan fingerprint density at radius 1 is 1.22 bits per heavy atom. The lowest BCUT2D eigenvalue weighted by Crippen LogP contribution is -1.96. The van der Waals surface area contributed by atoms with Crippen molar-refractivity contribution in [2.45, 2.75) is 19.8 Å². The van der Waals surface area contributed by atoms with Crippen LogP contribution in [-0.4, -0.2) is 9.97 Å². The van der Waals surface area contributed by atoms with Crippen molar-refractivity contribution in [1.29, 1.82) is 0 Å². The zero-order chi connectivity index (χ0) is 13.1. The average molecular weight is 264 g/mol. The van der Waals surface area contributed by atoms with Gasteiger partial charge in [-0.1, -0.05) is 25.4 Å². The number of anilines is 1. The van der Waals surface area contributed by atoms with Crippen LogP contribution < -0.4 is 10.5 Å². The molecule has 2 N–H and O–H groups in total. The molecule has 18 heavy (non-hydrogen) atoms. The van der Waals surface area contributed by atoms with Crippen LogP contribution in [0, 0.1) is 0 Å². The first kappa shape index (κ1) is 12.6. The fourth-order valence-corrected chi connectivity index (χ4v) is 1.67. The summed E-state index contributed by atoms with van der Waals surface area (Å²) in [5, 5.41) is 0.458. The third-order valence-corrected chi connectivity index (χ3v) is 2.72.